The Morgan fingerprint density at radius 3 is 2.68 bits per heavy atom. The molecule has 1 aliphatic heterocycles. The van der Waals surface area contributed by atoms with Crippen LogP contribution in [0.2, 0.25) is 0 Å². The second kappa shape index (κ2) is 9.53. The second-order valence-electron chi connectivity index (χ2n) is 9.71. The molecule has 2 aliphatic rings. The summed E-state index contributed by atoms with van der Waals surface area (Å²) in [4.78, 5) is 31.8. The summed E-state index contributed by atoms with van der Waals surface area (Å²) >= 11 is 0. The fourth-order valence-electron chi connectivity index (χ4n) is 5.82. The van der Waals surface area contributed by atoms with Crippen LogP contribution < -0.4 is 5.32 Å². The van der Waals surface area contributed by atoms with Gasteiger partial charge in [0.1, 0.15) is 5.82 Å². The Hall–Kier alpha value is -3.28. The highest BCUT2D eigenvalue weighted by Crippen LogP contribution is 2.46. The van der Waals surface area contributed by atoms with E-state index in [-0.39, 0.29) is 29.1 Å². The number of likely N-dealkylation sites (tertiary alicyclic amines) is 1. The molecule has 1 aromatic heterocycles. The van der Waals surface area contributed by atoms with Crippen molar-refractivity contribution in [3.05, 3.63) is 77.9 Å². The Morgan fingerprint density at radius 1 is 1.06 bits per heavy atom. The number of nitrogens with one attached hydrogen (secondary N) is 1. The lowest BCUT2D eigenvalue weighted by Crippen LogP contribution is -2.51. The molecule has 3 aromatic rings. The number of nitrogens with zero attached hydrogens (tertiary/aromatic N) is 2. The van der Waals surface area contributed by atoms with Gasteiger partial charge in [0, 0.05) is 37.3 Å². The number of pyridine rings is 1. The number of halogens is 1. The summed E-state index contributed by atoms with van der Waals surface area (Å²) in [5.41, 5.74) is 1.56. The largest absolute Gasteiger partial charge is 0.353 e. The van der Waals surface area contributed by atoms with Gasteiger partial charge in [0.05, 0.1) is 6.20 Å². The van der Waals surface area contributed by atoms with Gasteiger partial charge in [-0.05, 0) is 66.0 Å². The molecule has 2 amide bonds. The predicted molar refractivity (Wildman–Crippen MR) is 130 cm³/mol. The van der Waals surface area contributed by atoms with Crippen molar-refractivity contribution < 1.29 is 14.0 Å². The molecule has 34 heavy (non-hydrogen) atoms. The smallest absolute Gasteiger partial charge is 0.254 e. The lowest BCUT2D eigenvalue weighted by Gasteiger charge is -2.43. The number of hydrogen-bond acceptors (Lipinski definition) is 3. The van der Waals surface area contributed by atoms with Gasteiger partial charge < -0.3 is 10.2 Å². The van der Waals surface area contributed by atoms with Gasteiger partial charge in [-0.1, -0.05) is 42.8 Å². The van der Waals surface area contributed by atoms with Gasteiger partial charge in [-0.3, -0.25) is 14.6 Å². The average molecular weight is 460 g/mol. The molecule has 1 spiro atoms. The first-order valence-corrected chi connectivity index (χ1v) is 12.2. The molecule has 5 nitrogen and oxygen atoms in total. The van der Waals surface area contributed by atoms with Crippen molar-refractivity contribution in [2.45, 2.75) is 51.0 Å². The number of aryl methyl sites for hydroxylation is 1. The summed E-state index contributed by atoms with van der Waals surface area (Å²) in [7, 11) is 0. The van der Waals surface area contributed by atoms with E-state index in [0.29, 0.717) is 25.9 Å². The average Bonchev–Trinajstić information content (AvgIpc) is 3.23. The summed E-state index contributed by atoms with van der Waals surface area (Å²) in [5, 5.41) is 5.34. The molecule has 6 heteroatoms. The van der Waals surface area contributed by atoms with Gasteiger partial charge >= 0.3 is 0 Å². The highest BCUT2D eigenvalue weighted by Gasteiger charge is 2.46. The molecule has 1 atom stereocenters. The van der Waals surface area contributed by atoms with Crippen LogP contribution in [0.1, 0.15) is 54.4 Å². The summed E-state index contributed by atoms with van der Waals surface area (Å²) in [6.45, 7) is 1.42. The van der Waals surface area contributed by atoms with Crippen LogP contribution in [0.3, 0.4) is 0 Å². The Bertz CT molecular complexity index is 1200. The molecule has 2 heterocycles. The molecule has 0 bridgehead atoms. The molecule has 2 aromatic carbocycles. The monoisotopic (exact) mass is 459 g/mol. The van der Waals surface area contributed by atoms with Gasteiger partial charge in [-0.15, -0.1) is 0 Å². The van der Waals surface area contributed by atoms with Crippen molar-refractivity contribution >= 4 is 22.6 Å². The molecular formula is C28H30FN3O2. The minimum Gasteiger partial charge on any atom is -0.353 e. The SMILES string of the molecule is O=C(CCc1cncc(F)c1)NC1CCCC12CCN(C(=O)c1cccc3ccccc13)CC2. The maximum atomic E-state index is 13.3. The van der Waals surface area contributed by atoms with Gasteiger partial charge in [-0.25, -0.2) is 4.39 Å². The quantitative estimate of drug-likeness (QED) is 0.591. The van der Waals surface area contributed by atoms with Crippen LogP contribution in [-0.4, -0.2) is 40.8 Å². The maximum absolute atomic E-state index is 13.3. The van der Waals surface area contributed by atoms with E-state index in [2.05, 4.69) is 10.3 Å². The molecule has 1 unspecified atom stereocenters. The van der Waals surface area contributed by atoms with E-state index >= 15 is 0 Å². The molecule has 1 saturated carbocycles. The molecule has 1 N–H and O–H groups in total. The Balaban J connectivity index is 1.20. The third kappa shape index (κ3) is 4.54. The number of amides is 2. The Morgan fingerprint density at radius 2 is 1.85 bits per heavy atom. The number of hydrogen-bond donors (Lipinski definition) is 1. The fraction of sp³-hybridized carbons (Fsp3) is 0.393. The van der Waals surface area contributed by atoms with Gasteiger partial charge in [-0.2, -0.15) is 0 Å². The number of aromatic nitrogens is 1. The van der Waals surface area contributed by atoms with Gasteiger partial charge in [0.15, 0.2) is 0 Å². The van der Waals surface area contributed by atoms with Crippen LogP contribution in [0, 0.1) is 11.2 Å². The van der Waals surface area contributed by atoms with E-state index in [9.17, 15) is 14.0 Å². The van der Waals surface area contributed by atoms with Crippen LogP contribution in [0.15, 0.2) is 60.9 Å². The molecule has 0 radical (unpaired) electrons. The van der Waals surface area contributed by atoms with Crippen LogP contribution in [0.5, 0.6) is 0 Å². The van der Waals surface area contributed by atoms with Crippen molar-refractivity contribution in [1.82, 2.24) is 15.2 Å². The third-order valence-electron chi connectivity index (χ3n) is 7.71. The number of rotatable bonds is 5. The topological polar surface area (TPSA) is 62.3 Å². The van der Waals surface area contributed by atoms with E-state index in [0.717, 1.165) is 54.0 Å². The fourth-order valence-corrected chi connectivity index (χ4v) is 5.82. The number of carbonyl (C=O) groups excluding carboxylic acids is 2. The van der Waals surface area contributed by atoms with E-state index < -0.39 is 0 Å². The molecule has 176 valence electrons. The third-order valence-corrected chi connectivity index (χ3v) is 7.71. The first kappa shape index (κ1) is 22.5. The number of benzene rings is 2. The standard InChI is InChI=1S/C28H30FN3O2/c29-22-17-20(18-30-19-22)10-11-26(33)31-25-9-4-12-28(25)13-15-32(16-14-28)27(34)24-8-3-6-21-5-1-2-7-23(21)24/h1-3,5-8,17-19,25H,4,9-16H2,(H,31,33). The van der Waals surface area contributed by atoms with Gasteiger partial charge in [0.2, 0.25) is 5.91 Å². The van der Waals surface area contributed by atoms with Crippen molar-refractivity contribution in [3.8, 4) is 0 Å². The van der Waals surface area contributed by atoms with E-state index in [1.54, 1.807) is 6.20 Å². The van der Waals surface area contributed by atoms with Crippen LogP contribution in [0.4, 0.5) is 4.39 Å². The second-order valence-corrected chi connectivity index (χ2v) is 9.71. The number of piperidine rings is 1. The Labute approximate surface area is 199 Å². The minimum absolute atomic E-state index is 0.00444. The zero-order valence-corrected chi connectivity index (χ0v) is 19.3. The minimum atomic E-state index is -0.377. The molecular weight excluding hydrogens is 429 g/mol. The zero-order valence-electron chi connectivity index (χ0n) is 19.3. The van der Waals surface area contributed by atoms with E-state index in [1.165, 1.54) is 12.3 Å². The summed E-state index contributed by atoms with van der Waals surface area (Å²) < 4.78 is 13.3. The van der Waals surface area contributed by atoms with E-state index in [4.69, 9.17) is 0 Å². The van der Waals surface area contributed by atoms with Crippen LogP contribution >= 0.6 is 0 Å². The summed E-state index contributed by atoms with van der Waals surface area (Å²) in [6.07, 6.45) is 8.54. The van der Waals surface area contributed by atoms with Crippen LogP contribution in [0.25, 0.3) is 10.8 Å². The first-order chi connectivity index (χ1) is 16.5. The van der Waals surface area contributed by atoms with Gasteiger partial charge in [0.25, 0.3) is 5.91 Å². The highest BCUT2D eigenvalue weighted by atomic mass is 19.1. The lowest BCUT2D eigenvalue weighted by atomic mass is 9.74. The van der Waals surface area contributed by atoms with E-state index in [1.807, 2.05) is 47.4 Å². The first-order valence-electron chi connectivity index (χ1n) is 12.2. The van der Waals surface area contributed by atoms with Crippen molar-refractivity contribution in [3.63, 3.8) is 0 Å². The number of carbonyl (C=O) groups is 2. The molecule has 5 rings (SSSR count). The van der Waals surface area contributed by atoms with Crippen molar-refractivity contribution in [2.75, 3.05) is 13.1 Å². The Kier molecular flexibility index (Phi) is 6.31. The maximum Gasteiger partial charge on any atom is 0.254 e. The molecule has 1 aliphatic carbocycles. The zero-order chi connectivity index (χ0) is 23.5. The summed E-state index contributed by atoms with van der Waals surface area (Å²) in [5.74, 6) is -0.281. The molecule has 1 saturated heterocycles. The van der Waals surface area contributed by atoms with Crippen molar-refractivity contribution in [1.29, 1.82) is 0 Å². The summed E-state index contributed by atoms with van der Waals surface area (Å²) in [6, 6.07) is 15.5. The van der Waals surface area contributed by atoms with Crippen LogP contribution in [-0.2, 0) is 11.2 Å². The molecule has 2 fully saturated rings. The predicted octanol–water partition coefficient (Wildman–Crippen LogP) is 4.90. The van der Waals surface area contributed by atoms with Crippen molar-refractivity contribution in [2.24, 2.45) is 5.41 Å². The number of fused-ring (bicyclic) bond motifs is 1. The lowest BCUT2D eigenvalue weighted by molar-refractivity contribution is -0.122. The highest BCUT2D eigenvalue weighted by molar-refractivity contribution is 6.07. The normalized spacial score (nSPS) is 19.4.